The highest BCUT2D eigenvalue weighted by molar-refractivity contribution is 7.80. The van der Waals surface area contributed by atoms with Gasteiger partial charge in [-0.15, -0.1) is 0 Å². The van der Waals surface area contributed by atoms with Crippen LogP contribution in [0.5, 0.6) is 0 Å². The number of nitro groups is 1. The molecule has 0 radical (unpaired) electrons. The summed E-state index contributed by atoms with van der Waals surface area (Å²) in [6.45, 7) is 0. The van der Waals surface area contributed by atoms with Crippen LogP contribution in [0.15, 0.2) is 24.3 Å². The van der Waals surface area contributed by atoms with E-state index in [1.54, 1.807) is 12.1 Å². The molecule has 0 aliphatic heterocycles. The Hall–Kier alpha value is -1.49. The molecular weight excluding hydrogens is 248 g/mol. The summed E-state index contributed by atoms with van der Waals surface area (Å²) in [7, 11) is 0. The molecule has 0 spiro atoms. The van der Waals surface area contributed by atoms with Crippen LogP contribution in [-0.4, -0.2) is 16.0 Å². The van der Waals surface area contributed by atoms with E-state index in [1.165, 1.54) is 31.4 Å². The van der Waals surface area contributed by atoms with Gasteiger partial charge < -0.3 is 5.32 Å². The molecule has 96 valence electrons. The van der Waals surface area contributed by atoms with Crippen LogP contribution in [0.1, 0.15) is 37.7 Å². The Bertz CT molecular complexity index is 439. The van der Waals surface area contributed by atoms with Crippen LogP contribution in [0, 0.1) is 10.1 Å². The molecule has 1 aliphatic carbocycles. The molecule has 1 saturated carbocycles. The average Bonchev–Trinajstić information content (AvgIpc) is 2.40. The second-order valence-corrected chi connectivity index (χ2v) is 5.02. The standard InChI is InChI=1S/C13H16N2O2S/c16-15(17)12-8-6-10(7-9-12)13(18)14-11-4-2-1-3-5-11/h6-9,11H,1-5H2,(H,14,18). The molecule has 0 unspecified atom stereocenters. The van der Waals surface area contributed by atoms with Crippen LogP contribution in [0.2, 0.25) is 0 Å². The first kappa shape index (κ1) is 13.0. The number of nitro benzene ring substituents is 1. The topological polar surface area (TPSA) is 55.2 Å². The van der Waals surface area contributed by atoms with Gasteiger partial charge in [0.25, 0.3) is 5.69 Å². The zero-order valence-electron chi connectivity index (χ0n) is 10.1. The first-order valence-corrected chi connectivity index (χ1v) is 6.63. The molecule has 0 saturated heterocycles. The summed E-state index contributed by atoms with van der Waals surface area (Å²) >= 11 is 5.33. The summed E-state index contributed by atoms with van der Waals surface area (Å²) in [4.78, 5) is 10.8. The van der Waals surface area contributed by atoms with Crippen LogP contribution >= 0.6 is 12.2 Å². The molecule has 0 amide bonds. The minimum atomic E-state index is -0.401. The largest absolute Gasteiger partial charge is 0.373 e. The Kier molecular flexibility index (Phi) is 4.25. The highest BCUT2D eigenvalue weighted by atomic mass is 32.1. The summed E-state index contributed by atoms with van der Waals surface area (Å²) in [5.41, 5.74) is 0.945. The van der Waals surface area contributed by atoms with Crippen molar-refractivity contribution in [1.29, 1.82) is 0 Å². The Balaban J connectivity index is 1.97. The van der Waals surface area contributed by atoms with Crippen molar-refractivity contribution in [2.75, 3.05) is 0 Å². The third-order valence-corrected chi connectivity index (χ3v) is 3.63. The van der Waals surface area contributed by atoms with Gasteiger partial charge in [0.2, 0.25) is 0 Å². The third-order valence-electron chi connectivity index (χ3n) is 3.28. The Morgan fingerprint density at radius 1 is 1.22 bits per heavy atom. The zero-order chi connectivity index (χ0) is 13.0. The molecule has 4 nitrogen and oxygen atoms in total. The van der Waals surface area contributed by atoms with E-state index in [2.05, 4.69) is 5.32 Å². The second-order valence-electron chi connectivity index (χ2n) is 4.61. The number of rotatable bonds is 3. The van der Waals surface area contributed by atoms with Gasteiger partial charge in [-0.25, -0.2) is 0 Å². The molecule has 0 atom stereocenters. The van der Waals surface area contributed by atoms with Gasteiger partial charge in [-0.2, -0.15) is 0 Å². The van der Waals surface area contributed by atoms with E-state index in [0.717, 1.165) is 18.4 Å². The van der Waals surface area contributed by atoms with Crippen molar-refractivity contribution >= 4 is 22.9 Å². The summed E-state index contributed by atoms with van der Waals surface area (Å²) in [6, 6.07) is 6.85. The third kappa shape index (κ3) is 3.26. The van der Waals surface area contributed by atoms with Gasteiger partial charge in [0, 0.05) is 23.7 Å². The van der Waals surface area contributed by atoms with Crippen molar-refractivity contribution in [1.82, 2.24) is 5.32 Å². The lowest BCUT2D eigenvalue weighted by Gasteiger charge is -2.24. The van der Waals surface area contributed by atoms with Crippen molar-refractivity contribution in [3.05, 3.63) is 39.9 Å². The minimum Gasteiger partial charge on any atom is -0.373 e. The maximum absolute atomic E-state index is 10.6. The van der Waals surface area contributed by atoms with E-state index in [9.17, 15) is 10.1 Å². The maximum Gasteiger partial charge on any atom is 0.269 e. The highest BCUT2D eigenvalue weighted by Gasteiger charge is 2.15. The van der Waals surface area contributed by atoms with Gasteiger partial charge in [-0.05, 0) is 25.0 Å². The van der Waals surface area contributed by atoms with Gasteiger partial charge >= 0.3 is 0 Å². The number of hydrogen-bond donors (Lipinski definition) is 1. The van der Waals surface area contributed by atoms with Gasteiger partial charge in [0.15, 0.2) is 0 Å². The quantitative estimate of drug-likeness (QED) is 0.517. The fourth-order valence-corrected chi connectivity index (χ4v) is 2.55. The van der Waals surface area contributed by atoms with Crippen molar-refractivity contribution in [3.63, 3.8) is 0 Å². The van der Waals surface area contributed by atoms with Gasteiger partial charge in [0.1, 0.15) is 4.99 Å². The van der Waals surface area contributed by atoms with E-state index in [0.29, 0.717) is 11.0 Å². The van der Waals surface area contributed by atoms with Crippen molar-refractivity contribution in [2.24, 2.45) is 0 Å². The first-order valence-electron chi connectivity index (χ1n) is 6.22. The van der Waals surface area contributed by atoms with Gasteiger partial charge in [-0.1, -0.05) is 31.5 Å². The molecule has 1 aromatic rings. The van der Waals surface area contributed by atoms with Gasteiger partial charge in [0.05, 0.1) is 4.92 Å². The second kappa shape index (κ2) is 5.91. The molecule has 1 N–H and O–H groups in total. The minimum absolute atomic E-state index is 0.0965. The fraction of sp³-hybridized carbons (Fsp3) is 0.462. The summed E-state index contributed by atoms with van der Waals surface area (Å²) in [5.74, 6) is 0. The van der Waals surface area contributed by atoms with Crippen molar-refractivity contribution < 1.29 is 4.92 Å². The van der Waals surface area contributed by atoms with E-state index in [4.69, 9.17) is 12.2 Å². The SMILES string of the molecule is O=[N+]([O-])c1ccc(C(=S)NC2CCCCC2)cc1. The molecular formula is C13H16N2O2S. The number of non-ortho nitro benzene ring substituents is 1. The Morgan fingerprint density at radius 2 is 1.83 bits per heavy atom. The molecule has 2 rings (SSSR count). The molecule has 1 aliphatic rings. The normalized spacial score (nSPS) is 16.2. The summed E-state index contributed by atoms with van der Waals surface area (Å²) in [6.07, 6.45) is 6.13. The van der Waals surface area contributed by atoms with Crippen LogP contribution in [0.4, 0.5) is 5.69 Å². The van der Waals surface area contributed by atoms with Crippen molar-refractivity contribution in [2.45, 2.75) is 38.1 Å². The molecule has 0 aromatic heterocycles. The monoisotopic (exact) mass is 264 g/mol. The lowest BCUT2D eigenvalue weighted by atomic mass is 9.95. The van der Waals surface area contributed by atoms with Crippen LogP contribution in [0.25, 0.3) is 0 Å². The van der Waals surface area contributed by atoms with E-state index >= 15 is 0 Å². The van der Waals surface area contributed by atoms with E-state index < -0.39 is 4.92 Å². The highest BCUT2D eigenvalue weighted by Crippen LogP contribution is 2.18. The van der Waals surface area contributed by atoms with Crippen molar-refractivity contribution in [3.8, 4) is 0 Å². The lowest BCUT2D eigenvalue weighted by molar-refractivity contribution is -0.384. The molecule has 1 fully saturated rings. The smallest absolute Gasteiger partial charge is 0.269 e. The zero-order valence-corrected chi connectivity index (χ0v) is 10.9. The number of hydrogen-bond acceptors (Lipinski definition) is 3. The first-order chi connectivity index (χ1) is 8.66. The van der Waals surface area contributed by atoms with E-state index in [-0.39, 0.29) is 5.69 Å². The van der Waals surface area contributed by atoms with Crippen LogP contribution in [-0.2, 0) is 0 Å². The van der Waals surface area contributed by atoms with Crippen LogP contribution in [0.3, 0.4) is 0 Å². The molecule has 5 heteroatoms. The van der Waals surface area contributed by atoms with Gasteiger partial charge in [-0.3, -0.25) is 10.1 Å². The Morgan fingerprint density at radius 3 is 2.39 bits per heavy atom. The van der Waals surface area contributed by atoms with E-state index in [1.807, 2.05) is 0 Å². The summed E-state index contributed by atoms with van der Waals surface area (Å²) in [5, 5.41) is 13.9. The predicted octanol–water partition coefficient (Wildman–Crippen LogP) is 3.19. The number of thiocarbonyl (C=S) groups is 1. The predicted molar refractivity (Wildman–Crippen MR) is 74.8 cm³/mol. The Labute approximate surface area is 112 Å². The summed E-state index contributed by atoms with van der Waals surface area (Å²) < 4.78 is 0. The number of benzene rings is 1. The molecule has 0 bridgehead atoms. The molecule has 1 aromatic carbocycles. The average molecular weight is 264 g/mol. The fourth-order valence-electron chi connectivity index (χ4n) is 2.25. The van der Waals surface area contributed by atoms with Crippen LogP contribution < -0.4 is 5.32 Å². The number of nitrogens with one attached hydrogen (secondary N) is 1. The molecule has 0 heterocycles. The lowest BCUT2D eigenvalue weighted by Crippen LogP contribution is -2.35. The molecule has 18 heavy (non-hydrogen) atoms. The maximum atomic E-state index is 10.6. The number of nitrogens with zero attached hydrogens (tertiary/aromatic N) is 1.